The van der Waals surface area contributed by atoms with E-state index in [4.69, 9.17) is 5.73 Å². The number of hydrogen-bond acceptors (Lipinski definition) is 4. The number of nitrogens with two attached hydrogens (primary N) is 1. The maximum atomic E-state index is 13.8. The number of aryl methyl sites for hydroxylation is 2. The predicted octanol–water partition coefficient (Wildman–Crippen LogP) is 3.53. The molecule has 2 aromatic rings. The molecule has 0 fully saturated rings. The number of halogens is 1. The molecule has 1 unspecified atom stereocenters. The van der Waals surface area contributed by atoms with E-state index in [1.165, 1.54) is 6.07 Å². The van der Waals surface area contributed by atoms with Crippen molar-refractivity contribution < 1.29 is 4.39 Å². The molecule has 0 radical (unpaired) electrons. The van der Waals surface area contributed by atoms with Crippen molar-refractivity contribution in [2.24, 2.45) is 15.8 Å². The smallest absolute Gasteiger partial charge is 0.214 e. The molecule has 0 aromatic heterocycles. The predicted molar refractivity (Wildman–Crippen MR) is 100 cm³/mol. The van der Waals surface area contributed by atoms with Crippen molar-refractivity contribution in [2.75, 3.05) is 0 Å². The van der Waals surface area contributed by atoms with Crippen LogP contribution >= 0.6 is 0 Å². The number of hydrazone groups is 1. The van der Waals surface area contributed by atoms with Gasteiger partial charge in [-0.1, -0.05) is 30.3 Å². The van der Waals surface area contributed by atoms with Gasteiger partial charge in [-0.15, -0.1) is 0 Å². The monoisotopic (exact) mass is 336 g/mol. The fourth-order valence-corrected chi connectivity index (χ4v) is 3.05. The van der Waals surface area contributed by atoms with E-state index in [2.05, 4.69) is 21.6 Å². The molecule has 0 bridgehead atoms. The van der Waals surface area contributed by atoms with Crippen LogP contribution in [0.15, 0.2) is 58.8 Å². The summed E-state index contributed by atoms with van der Waals surface area (Å²) in [5.74, 6) is -0.0439. The van der Waals surface area contributed by atoms with Crippen LogP contribution in [0.4, 0.5) is 4.39 Å². The maximum Gasteiger partial charge on any atom is 0.214 e. The molecular weight excluding hydrogens is 315 g/mol. The summed E-state index contributed by atoms with van der Waals surface area (Å²) in [5, 5.41) is 4.16. The number of nitrogens with one attached hydrogen (secondary N) is 1. The van der Waals surface area contributed by atoms with E-state index >= 15 is 0 Å². The largest absolute Gasteiger partial charge is 0.368 e. The van der Waals surface area contributed by atoms with E-state index < -0.39 is 0 Å². The number of aliphatic imine (C=N–C) groups is 1. The molecule has 1 aliphatic heterocycles. The third-order valence-corrected chi connectivity index (χ3v) is 4.40. The van der Waals surface area contributed by atoms with Crippen LogP contribution in [0.2, 0.25) is 0 Å². The number of fused-ring (bicyclic) bond motifs is 1. The van der Waals surface area contributed by atoms with Gasteiger partial charge in [-0.2, -0.15) is 5.10 Å². The van der Waals surface area contributed by atoms with Gasteiger partial charge in [-0.05, 0) is 54.7 Å². The van der Waals surface area contributed by atoms with Gasteiger partial charge in [0.25, 0.3) is 0 Å². The second-order valence-electron chi connectivity index (χ2n) is 6.19. The molecular formula is C20H21FN4. The Morgan fingerprint density at radius 2 is 2.00 bits per heavy atom. The molecule has 5 heteroatoms. The molecule has 1 heterocycles. The first-order valence-corrected chi connectivity index (χ1v) is 8.18. The molecule has 0 saturated heterocycles. The lowest BCUT2D eigenvalue weighted by molar-refractivity contribution is 0.622. The number of benzene rings is 2. The van der Waals surface area contributed by atoms with E-state index in [0.29, 0.717) is 0 Å². The number of hydrogen-bond donors (Lipinski definition) is 2. The Bertz CT molecular complexity index is 868. The Balaban J connectivity index is 2.12. The van der Waals surface area contributed by atoms with Crippen LogP contribution in [0.3, 0.4) is 0 Å². The molecule has 3 N–H and O–H groups in total. The minimum absolute atomic E-state index is 0.0145. The van der Waals surface area contributed by atoms with Crippen LogP contribution in [0.25, 0.3) is 0 Å². The zero-order valence-electron chi connectivity index (χ0n) is 14.3. The van der Waals surface area contributed by atoms with Crippen LogP contribution in [0.1, 0.15) is 33.7 Å². The van der Waals surface area contributed by atoms with Crippen LogP contribution in [0, 0.1) is 19.7 Å². The summed E-state index contributed by atoms with van der Waals surface area (Å²) in [4.78, 5) is 4.14. The highest BCUT2D eigenvalue weighted by atomic mass is 19.1. The Morgan fingerprint density at radius 3 is 2.84 bits per heavy atom. The SMILES string of the molecule is Cc1ccc(F)cc1C1/C=C/N=C(N)N/N=C/c2c(C)cccc2C1. The van der Waals surface area contributed by atoms with Crippen molar-refractivity contribution in [3.05, 3.63) is 82.3 Å². The summed E-state index contributed by atoms with van der Waals surface area (Å²) in [6.07, 6.45) is 6.08. The number of nitrogens with zero attached hydrogens (tertiary/aromatic N) is 2. The highest BCUT2D eigenvalue weighted by Gasteiger charge is 2.16. The number of allylic oxidation sites excluding steroid dienone is 1. The first-order chi connectivity index (χ1) is 12.0. The summed E-state index contributed by atoms with van der Waals surface area (Å²) in [6, 6.07) is 11.0. The third-order valence-electron chi connectivity index (χ3n) is 4.40. The Labute approximate surface area is 147 Å². The van der Waals surface area contributed by atoms with Crippen molar-refractivity contribution in [1.82, 2.24) is 5.43 Å². The van der Waals surface area contributed by atoms with Crippen LogP contribution in [0.5, 0.6) is 0 Å². The fourth-order valence-electron chi connectivity index (χ4n) is 3.05. The van der Waals surface area contributed by atoms with Gasteiger partial charge in [-0.3, -0.25) is 0 Å². The van der Waals surface area contributed by atoms with Gasteiger partial charge in [0.2, 0.25) is 5.96 Å². The summed E-state index contributed by atoms with van der Waals surface area (Å²) >= 11 is 0. The van der Waals surface area contributed by atoms with E-state index in [1.54, 1.807) is 24.5 Å². The van der Waals surface area contributed by atoms with Gasteiger partial charge >= 0.3 is 0 Å². The average Bonchev–Trinajstić information content (AvgIpc) is 2.61. The van der Waals surface area contributed by atoms with E-state index in [9.17, 15) is 4.39 Å². The Hall–Kier alpha value is -2.95. The zero-order valence-corrected chi connectivity index (χ0v) is 14.3. The van der Waals surface area contributed by atoms with Gasteiger partial charge in [0, 0.05) is 17.7 Å². The van der Waals surface area contributed by atoms with Crippen molar-refractivity contribution in [3.8, 4) is 0 Å². The Morgan fingerprint density at radius 1 is 1.16 bits per heavy atom. The molecule has 0 aliphatic carbocycles. The summed E-state index contributed by atoms with van der Waals surface area (Å²) in [5.41, 5.74) is 13.8. The minimum Gasteiger partial charge on any atom is -0.368 e. The van der Waals surface area contributed by atoms with Crippen LogP contribution < -0.4 is 11.2 Å². The highest BCUT2D eigenvalue weighted by molar-refractivity contribution is 5.86. The normalized spacial score (nSPS) is 19.8. The Kier molecular flexibility index (Phi) is 4.93. The fraction of sp³-hybridized carbons (Fsp3) is 0.200. The van der Waals surface area contributed by atoms with E-state index in [-0.39, 0.29) is 17.7 Å². The molecule has 2 aromatic carbocycles. The van der Waals surface area contributed by atoms with Crippen LogP contribution in [-0.2, 0) is 6.42 Å². The molecule has 25 heavy (non-hydrogen) atoms. The number of rotatable bonds is 1. The highest BCUT2D eigenvalue weighted by Crippen LogP contribution is 2.28. The first-order valence-electron chi connectivity index (χ1n) is 8.18. The van der Waals surface area contributed by atoms with Gasteiger partial charge in [0.05, 0.1) is 6.21 Å². The molecule has 0 spiro atoms. The van der Waals surface area contributed by atoms with Crippen molar-refractivity contribution in [3.63, 3.8) is 0 Å². The molecule has 0 saturated carbocycles. The second-order valence-corrected chi connectivity index (χ2v) is 6.19. The standard InChI is InChI=1S/C20H21FN4/c1-13-4-3-5-15-10-16(18-11-17(21)7-6-14(18)2)8-9-23-20(22)25-24-12-19(13)15/h3-9,11-12,16H,10H2,1-2H3,(H3,22,23,25)/b9-8+,24-12+. The third kappa shape index (κ3) is 3.94. The minimum atomic E-state index is -0.237. The summed E-state index contributed by atoms with van der Waals surface area (Å²) in [7, 11) is 0. The molecule has 128 valence electrons. The topological polar surface area (TPSA) is 62.8 Å². The zero-order chi connectivity index (χ0) is 17.8. The van der Waals surface area contributed by atoms with E-state index in [1.807, 2.05) is 32.1 Å². The van der Waals surface area contributed by atoms with Gasteiger partial charge in [0.1, 0.15) is 5.82 Å². The first kappa shape index (κ1) is 16.9. The van der Waals surface area contributed by atoms with Gasteiger partial charge in [-0.25, -0.2) is 14.8 Å². The van der Waals surface area contributed by atoms with Gasteiger partial charge < -0.3 is 5.73 Å². The summed E-state index contributed by atoms with van der Waals surface area (Å²) in [6.45, 7) is 4.03. The van der Waals surface area contributed by atoms with E-state index in [0.717, 1.165) is 34.2 Å². The van der Waals surface area contributed by atoms with Crippen LogP contribution in [-0.4, -0.2) is 12.2 Å². The second kappa shape index (κ2) is 7.30. The van der Waals surface area contributed by atoms with Crippen molar-refractivity contribution >= 4 is 12.2 Å². The molecule has 0 amide bonds. The van der Waals surface area contributed by atoms with Crippen molar-refractivity contribution in [1.29, 1.82) is 0 Å². The summed E-state index contributed by atoms with van der Waals surface area (Å²) < 4.78 is 13.8. The molecule has 1 aliphatic rings. The van der Waals surface area contributed by atoms with Gasteiger partial charge in [0.15, 0.2) is 0 Å². The average molecular weight is 336 g/mol. The molecule has 3 rings (SSSR count). The lowest BCUT2D eigenvalue weighted by atomic mass is 9.87. The number of guanidine groups is 1. The molecule has 4 nitrogen and oxygen atoms in total. The van der Waals surface area contributed by atoms with Crippen molar-refractivity contribution in [2.45, 2.75) is 26.2 Å². The lowest BCUT2D eigenvalue weighted by Crippen LogP contribution is -2.26. The molecule has 1 atom stereocenters. The maximum absolute atomic E-state index is 13.8. The quantitative estimate of drug-likeness (QED) is 0.837. The lowest BCUT2D eigenvalue weighted by Gasteiger charge is -2.18.